The number of rotatable bonds is 1. The van der Waals surface area contributed by atoms with Gasteiger partial charge in [0.05, 0.1) is 5.75 Å². The standard InChI is InChI=1S/C6H11NO4S/c1-4-2-3-12(10,11)7-5(4)6(8)9/h4-5,7H,2-3H2,1H3,(H,8,9)/t4-,5-/m1/s1. The Balaban J connectivity index is 2.79. The minimum atomic E-state index is -3.34. The van der Waals surface area contributed by atoms with Gasteiger partial charge >= 0.3 is 5.97 Å². The van der Waals surface area contributed by atoms with E-state index in [0.717, 1.165) is 0 Å². The average Bonchev–Trinajstić information content (AvgIpc) is 1.94. The fourth-order valence-electron chi connectivity index (χ4n) is 1.17. The number of carboxylic acid groups (broad SMARTS) is 1. The van der Waals surface area contributed by atoms with Crippen LogP contribution in [0.2, 0.25) is 0 Å². The van der Waals surface area contributed by atoms with Crippen molar-refractivity contribution in [3.63, 3.8) is 0 Å². The van der Waals surface area contributed by atoms with E-state index in [1.54, 1.807) is 6.92 Å². The first kappa shape index (κ1) is 9.47. The number of aliphatic carboxylic acids is 1. The van der Waals surface area contributed by atoms with Crippen LogP contribution in [0, 0.1) is 5.92 Å². The Labute approximate surface area is 70.8 Å². The van der Waals surface area contributed by atoms with Gasteiger partial charge in [-0.3, -0.25) is 4.79 Å². The van der Waals surface area contributed by atoms with Crippen molar-refractivity contribution in [1.29, 1.82) is 0 Å². The van der Waals surface area contributed by atoms with Crippen molar-refractivity contribution >= 4 is 16.0 Å². The Morgan fingerprint density at radius 2 is 2.17 bits per heavy atom. The smallest absolute Gasteiger partial charge is 0.322 e. The van der Waals surface area contributed by atoms with Crippen LogP contribution in [0.3, 0.4) is 0 Å². The van der Waals surface area contributed by atoms with Crippen molar-refractivity contribution in [2.75, 3.05) is 5.75 Å². The molecule has 12 heavy (non-hydrogen) atoms. The van der Waals surface area contributed by atoms with Crippen molar-refractivity contribution in [2.45, 2.75) is 19.4 Å². The highest BCUT2D eigenvalue weighted by atomic mass is 32.2. The van der Waals surface area contributed by atoms with Gasteiger partial charge in [0.2, 0.25) is 10.0 Å². The van der Waals surface area contributed by atoms with Crippen LogP contribution < -0.4 is 4.72 Å². The first-order chi connectivity index (χ1) is 5.42. The molecule has 0 amide bonds. The second kappa shape index (κ2) is 3.02. The van der Waals surface area contributed by atoms with E-state index in [1.807, 2.05) is 0 Å². The van der Waals surface area contributed by atoms with E-state index in [0.29, 0.717) is 6.42 Å². The maximum Gasteiger partial charge on any atom is 0.322 e. The lowest BCUT2D eigenvalue weighted by molar-refractivity contribution is -0.140. The Morgan fingerprint density at radius 3 is 2.58 bits per heavy atom. The zero-order valence-electron chi connectivity index (χ0n) is 6.65. The predicted molar refractivity (Wildman–Crippen MR) is 42.1 cm³/mol. The molecule has 0 radical (unpaired) electrons. The summed E-state index contributed by atoms with van der Waals surface area (Å²) in [6, 6.07) is -0.955. The van der Waals surface area contributed by atoms with Crippen LogP contribution in [0.15, 0.2) is 0 Å². The molecule has 1 fully saturated rings. The quantitative estimate of drug-likeness (QED) is 0.582. The molecule has 2 atom stereocenters. The monoisotopic (exact) mass is 193 g/mol. The third kappa shape index (κ3) is 1.95. The molecular formula is C6H11NO4S. The highest BCUT2D eigenvalue weighted by Crippen LogP contribution is 2.16. The normalized spacial score (nSPS) is 34.4. The van der Waals surface area contributed by atoms with Gasteiger partial charge in [-0.05, 0) is 12.3 Å². The second-order valence-corrected chi connectivity index (χ2v) is 4.89. The lowest BCUT2D eigenvalue weighted by Crippen LogP contribution is -2.50. The molecule has 6 heteroatoms. The van der Waals surface area contributed by atoms with Crippen molar-refractivity contribution in [1.82, 2.24) is 4.72 Å². The van der Waals surface area contributed by atoms with Crippen molar-refractivity contribution < 1.29 is 18.3 Å². The molecule has 0 aromatic carbocycles. The summed E-state index contributed by atoms with van der Waals surface area (Å²) in [5.41, 5.74) is 0. The average molecular weight is 193 g/mol. The zero-order chi connectivity index (χ0) is 9.35. The predicted octanol–water partition coefficient (Wildman–Crippen LogP) is -0.601. The summed E-state index contributed by atoms with van der Waals surface area (Å²) in [7, 11) is -3.34. The summed E-state index contributed by atoms with van der Waals surface area (Å²) in [5, 5.41) is 8.61. The lowest BCUT2D eigenvalue weighted by Gasteiger charge is -2.26. The molecule has 0 aliphatic carbocycles. The van der Waals surface area contributed by atoms with Gasteiger partial charge in [0, 0.05) is 0 Å². The molecule has 5 nitrogen and oxygen atoms in total. The molecule has 1 aliphatic rings. The fourth-order valence-corrected chi connectivity index (χ4v) is 2.69. The lowest BCUT2D eigenvalue weighted by atomic mass is 10.0. The highest BCUT2D eigenvalue weighted by molar-refractivity contribution is 7.89. The van der Waals surface area contributed by atoms with Crippen LogP contribution in [0.5, 0.6) is 0 Å². The summed E-state index contributed by atoms with van der Waals surface area (Å²) in [4.78, 5) is 10.5. The molecule has 0 unspecified atom stereocenters. The Bertz CT molecular complexity index is 284. The van der Waals surface area contributed by atoms with Gasteiger partial charge < -0.3 is 5.11 Å². The van der Waals surface area contributed by atoms with Gasteiger partial charge in [-0.1, -0.05) is 6.92 Å². The SMILES string of the molecule is C[C@@H]1CCS(=O)(=O)N[C@H]1C(=O)O. The Morgan fingerprint density at radius 1 is 1.58 bits per heavy atom. The molecule has 0 aromatic heterocycles. The van der Waals surface area contributed by atoms with Crippen molar-refractivity contribution in [3.05, 3.63) is 0 Å². The molecule has 0 saturated carbocycles. The van der Waals surface area contributed by atoms with Gasteiger partial charge in [-0.2, -0.15) is 0 Å². The first-order valence-corrected chi connectivity index (χ1v) is 5.30. The van der Waals surface area contributed by atoms with E-state index in [9.17, 15) is 13.2 Å². The minimum absolute atomic E-state index is 0.0257. The van der Waals surface area contributed by atoms with Gasteiger partial charge in [0.1, 0.15) is 6.04 Å². The van der Waals surface area contributed by atoms with Crippen LogP contribution in [0.4, 0.5) is 0 Å². The van der Waals surface area contributed by atoms with Crippen LogP contribution in [0.25, 0.3) is 0 Å². The molecule has 2 N–H and O–H groups in total. The van der Waals surface area contributed by atoms with E-state index in [-0.39, 0.29) is 11.7 Å². The summed E-state index contributed by atoms with van der Waals surface area (Å²) in [6.45, 7) is 1.72. The number of hydrogen-bond donors (Lipinski definition) is 2. The van der Waals surface area contributed by atoms with Gasteiger partial charge in [-0.25, -0.2) is 13.1 Å². The fraction of sp³-hybridized carbons (Fsp3) is 0.833. The van der Waals surface area contributed by atoms with E-state index in [2.05, 4.69) is 4.72 Å². The zero-order valence-corrected chi connectivity index (χ0v) is 7.47. The molecule has 1 heterocycles. The van der Waals surface area contributed by atoms with E-state index >= 15 is 0 Å². The molecule has 0 aromatic rings. The van der Waals surface area contributed by atoms with Crippen LogP contribution in [-0.2, 0) is 14.8 Å². The van der Waals surface area contributed by atoms with Crippen LogP contribution in [-0.4, -0.2) is 31.3 Å². The molecule has 1 rings (SSSR count). The topological polar surface area (TPSA) is 83.5 Å². The number of sulfonamides is 1. The highest BCUT2D eigenvalue weighted by Gasteiger charge is 2.34. The third-order valence-corrected chi connectivity index (χ3v) is 3.37. The molecule has 1 saturated heterocycles. The van der Waals surface area contributed by atoms with Crippen molar-refractivity contribution in [3.8, 4) is 0 Å². The molecule has 1 aliphatic heterocycles. The summed E-state index contributed by atoms with van der Waals surface area (Å²) in [6.07, 6.45) is 0.409. The van der Waals surface area contributed by atoms with Crippen molar-refractivity contribution in [2.24, 2.45) is 5.92 Å². The maximum absolute atomic E-state index is 10.9. The van der Waals surface area contributed by atoms with Crippen LogP contribution >= 0.6 is 0 Å². The summed E-state index contributed by atoms with van der Waals surface area (Å²) < 4.78 is 24.0. The molecule has 0 spiro atoms. The van der Waals surface area contributed by atoms with E-state index < -0.39 is 22.0 Å². The third-order valence-electron chi connectivity index (χ3n) is 1.98. The first-order valence-electron chi connectivity index (χ1n) is 3.65. The molecular weight excluding hydrogens is 182 g/mol. The molecule has 0 bridgehead atoms. The van der Waals surface area contributed by atoms with Gasteiger partial charge in [0.25, 0.3) is 0 Å². The molecule has 70 valence electrons. The Kier molecular flexibility index (Phi) is 2.39. The number of nitrogens with one attached hydrogen (secondary N) is 1. The number of hydrogen-bond acceptors (Lipinski definition) is 3. The Hall–Kier alpha value is -0.620. The van der Waals surface area contributed by atoms with E-state index in [4.69, 9.17) is 5.11 Å². The van der Waals surface area contributed by atoms with E-state index in [1.165, 1.54) is 0 Å². The van der Waals surface area contributed by atoms with Crippen LogP contribution in [0.1, 0.15) is 13.3 Å². The largest absolute Gasteiger partial charge is 0.480 e. The second-order valence-electron chi connectivity index (χ2n) is 3.02. The van der Waals surface area contributed by atoms with Gasteiger partial charge in [0.15, 0.2) is 0 Å². The minimum Gasteiger partial charge on any atom is -0.480 e. The van der Waals surface area contributed by atoms with Gasteiger partial charge in [-0.15, -0.1) is 0 Å². The number of carbonyl (C=O) groups is 1. The number of carboxylic acids is 1. The summed E-state index contributed by atoms with van der Waals surface area (Å²) in [5.74, 6) is -1.21. The summed E-state index contributed by atoms with van der Waals surface area (Å²) >= 11 is 0. The maximum atomic E-state index is 10.9.